The predicted molar refractivity (Wildman–Crippen MR) is 54.5 cm³/mol. The molecule has 13 heavy (non-hydrogen) atoms. The van der Waals surface area contributed by atoms with Crippen molar-refractivity contribution in [2.24, 2.45) is 11.0 Å². The van der Waals surface area contributed by atoms with Crippen molar-refractivity contribution >= 4 is 5.71 Å². The zero-order chi connectivity index (χ0) is 9.10. The van der Waals surface area contributed by atoms with E-state index in [9.17, 15) is 0 Å². The number of nitrogens with zero attached hydrogens (tertiary/aromatic N) is 2. The second kappa shape index (κ2) is 3.95. The number of rotatable bonds is 4. The minimum Gasteiger partial charge on any atom is -0.159 e. The van der Waals surface area contributed by atoms with Gasteiger partial charge in [0.2, 0.25) is 0 Å². The van der Waals surface area contributed by atoms with Crippen molar-refractivity contribution in [3.8, 4) is 0 Å². The Labute approximate surface area is 80.1 Å². The molecule has 0 N–H and O–H groups in total. The zero-order valence-electron chi connectivity index (χ0n) is 8.29. The molecule has 0 unspecified atom stereocenters. The van der Waals surface area contributed by atoms with Gasteiger partial charge in [0, 0.05) is 5.92 Å². The van der Waals surface area contributed by atoms with Crippen molar-refractivity contribution in [2.75, 3.05) is 0 Å². The van der Waals surface area contributed by atoms with E-state index in [0.29, 0.717) is 0 Å². The van der Waals surface area contributed by atoms with Crippen LogP contribution in [0.1, 0.15) is 45.4 Å². The lowest BCUT2D eigenvalue weighted by atomic mass is 9.79. The Morgan fingerprint density at radius 2 is 2.31 bits per heavy atom. The van der Waals surface area contributed by atoms with Gasteiger partial charge in [0.05, 0.1) is 11.9 Å². The fourth-order valence-electron chi connectivity index (χ4n) is 1.88. The van der Waals surface area contributed by atoms with Crippen LogP contribution in [0.4, 0.5) is 0 Å². The molecule has 0 saturated heterocycles. The minimum atomic E-state index is 0.745. The van der Waals surface area contributed by atoms with Gasteiger partial charge in [0.1, 0.15) is 0 Å². The standard InChI is InChI=1S/C11H17N2/c1-2-3-5-10-8-12-13-11(10)9-6-4-7-9/h8-9H,2-7H2,1H3. The molecular weight excluding hydrogens is 160 g/mol. The van der Waals surface area contributed by atoms with Crippen LogP contribution in [0.15, 0.2) is 16.9 Å². The molecule has 1 fully saturated rings. The first-order valence-electron chi connectivity index (χ1n) is 5.39. The second-order valence-electron chi connectivity index (χ2n) is 3.99. The fourth-order valence-corrected chi connectivity index (χ4v) is 1.88. The molecule has 71 valence electrons. The molecule has 0 aromatic heterocycles. The molecule has 0 aromatic rings. The van der Waals surface area contributed by atoms with Crippen molar-refractivity contribution in [3.05, 3.63) is 11.8 Å². The third-order valence-electron chi connectivity index (χ3n) is 3.00. The molecule has 2 rings (SSSR count). The van der Waals surface area contributed by atoms with Crippen molar-refractivity contribution in [2.45, 2.75) is 45.4 Å². The highest BCUT2D eigenvalue weighted by Gasteiger charge is 2.27. The lowest BCUT2D eigenvalue weighted by molar-refractivity contribution is 0.412. The highest BCUT2D eigenvalue weighted by atomic mass is 15.3. The van der Waals surface area contributed by atoms with Gasteiger partial charge < -0.3 is 0 Å². The van der Waals surface area contributed by atoms with Gasteiger partial charge in [-0.2, -0.15) is 10.5 Å². The molecule has 0 amide bonds. The molecule has 0 bridgehead atoms. The van der Waals surface area contributed by atoms with Crippen LogP contribution >= 0.6 is 0 Å². The number of allylic oxidation sites excluding steroid dienone is 1. The van der Waals surface area contributed by atoms with E-state index < -0.39 is 0 Å². The molecule has 0 aromatic carbocycles. The maximum Gasteiger partial charge on any atom is 0.0709 e. The quantitative estimate of drug-likeness (QED) is 0.631. The Kier molecular flexibility index (Phi) is 2.67. The van der Waals surface area contributed by atoms with E-state index in [1.807, 2.05) is 6.20 Å². The number of hydrogen-bond donors (Lipinski definition) is 0. The van der Waals surface area contributed by atoms with Crippen LogP contribution in [-0.4, -0.2) is 5.71 Å². The van der Waals surface area contributed by atoms with Gasteiger partial charge in [-0.3, -0.25) is 0 Å². The van der Waals surface area contributed by atoms with Crippen molar-refractivity contribution in [1.29, 1.82) is 0 Å². The third-order valence-corrected chi connectivity index (χ3v) is 3.00. The molecule has 1 saturated carbocycles. The first-order chi connectivity index (χ1) is 6.42. The zero-order valence-corrected chi connectivity index (χ0v) is 8.29. The Morgan fingerprint density at radius 1 is 1.46 bits per heavy atom. The Morgan fingerprint density at radius 3 is 2.92 bits per heavy atom. The summed E-state index contributed by atoms with van der Waals surface area (Å²) in [4.78, 5) is 0. The van der Waals surface area contributed by atoms with Crippen LogP contribution in [0.2, 0.25) is 0 Å². The summed E-state index contributed by atoms with van der Waals surface area (Å²) < 4.78 is 0. The van der Waals surface area contributed by atoms with Gasteiger partial charge in [0.15, 0.2) is 0 Å². The summed E-state index contributed by atoms with van der Waals surface area (Å²) in [5.41, 5.74) is 6.74. The average molecular weight is 177 g/mol. The lowest BCUT2D eigenvalue weighted by Crippen LogP contribution is -2.22. The summed E-state index contributed by atoms with van der Waals surface area (Å²) in [7, 11) is 0. The van der Waals surface area contributed by atoms with Gasteiger partial charge in [-0.05, 0) is 31.3 Å². The van der Waals surface area contributed by atoms with Crippen LogP contribution in [0.25, 0.3) is 0 Å². The molecule has 1 aliphatic carbocycles. The smallest absolute Gasteiger partial charge is 0.0709 e. The van der Waals surface area contributed by atoms with Crippen molar-refractivity contribution < 1.29 is 0 Å². The molecule has 2 nitrogen and oxygen atoms in total. The topological polar surface area (TPSA) is 26.5 Å². The Hall–Kier alpha value is -0.790. The monoisotopic (exact) mass is 177 g/mol. The van der Waals surface area contributed by atoms with Crippen LogP contribution in [0.5, 0.6) is 0 Å². The SMILES string of the molecule is CCCCC1=C[N]N=C1C1CCC1. The summed E-state index contributed by atoms with van der Waals surface area (Å²) in [6, 6.07) is 0. The van der Waals surface area contributed by atoms with Crippen molar-refractivity contribution in [1.82, 2.24) is 5.43 Å². The lowest BCUT2D eigenvalue weighted by Gasteiger charge is -2.26. The second-order valence-corrected chi connectivity index (χ2v) is 3.99. The predicted octanol–water partition coefficient (Wildman–Crippen LogP) is 2.83. The Balaban J connectivity index is 1.91. The maximum absolute atomic E-state index is 4.24. The molecule has 2 heteroatoms. The van der Waals surface area contributed by atoms with E-state index >= 15 is 0 Å². The van der Waals surface area contributed by atoms with Crippen LogP contribution < -0.4 is 5.43 Å². The normalized spacial score (nSPS) is 21.9. The minimum absolute atomic E-state index is 0.745. The van der Waals surface area contributed by atoms with Crippen LogP contribution in [0, 0.1) is 5.92 Å². The first-order valence-corrected chi connectivity index (χ1v) is 5.39. The molecule has 1 aliphatic heterocycles. The third kappa shape index (κ3) is 1.77. The van der Waals surface area contributed by atoms with E-state index in [-0.39, 0.29) is 0 Å². The van der Waals surface area contributed by atoms with E-state index in [1.54, 1.807) is 0 Å². The maximum atomic E-state index is 4.24. The molecular formula is C11H17N2. The van der Waals surface area contributed by atoms with Gasteiger partial charge in [0.25, 0.3) is 0 Å². The van der Waals surface area contributed by atoms with Crippen molar-refractivity contribution in [3.63, 3.8) is 0 Å². The van der Waals surface area contributed by atoms with E-state index in [0.717, 1.165) is 5.92 Å². The van der Waals surface area contributed by atoms with Gasteiger partial charge >= 0.3 is 0 Å². The van der Waals surface area contributed by atoms with E-state index in [1.165, 1.54) is 49.8 Å². The van der Waals surface area contributed by atoms with E-state index in [4.69, 9.17) is 0 Å². The van der Waals surface area contributed by atoms with Crippen LogP contribution in [-0.2, 0) is 0 Å². The summed E-state index contributed by atoms with van der Waals surface area (Å²) in [6.07, 6.45) is 9.71. The van der Waals surface area contributed by atoms with Gasteiger partial charge in [-0.25, -0.2) is 0 Å². The highest BCUT2D eigenvalue weighted by molar-refractivity contribution is 6.03. The molecule has 0 atom stereocenters. The average Bonchev–Trinajstić information content (AvgIpc) is 2.46. The number of hydrogen-bond acceptors (Lipinski definition) is 1. The van der Waals surface area contributed by atoms with Gasteiger partial charge in [-0.1, -0.05) is 19.8 Å². The summed E-state index contributed by atoms with van der Waals surface area (Å²) >= 11 is 0. The van der Waals surface area contributed by atoms with Crippen LogP contribution in [0.3, 0.4) is 0 Å². The van der Waals surface area contributed by atoms with E-state index in [2.05, 4.69) is 17.5 Å². The summed E-state index contributed by atoms with van der Waals surface area (Å²) in [5.74, 6) is 0.745. The Bertz CT molecular complexity index is 236. The van der Waals surface area contributed by atoms with Gasteiger partial charge in [-0.15, -0.1) is 0 Å². The fraction of sp³-hybridized carbons (Fsp3) is 0.727. The summed E-state index contributed by atoms with van der Waals surface area (Å²) in [5, 5.41) is 4.24. The first kappa shape index (κ1) is 8.79. The summed E-state index contributed by atoms with van der Waals surface area (Å²) in [6.45, 7) is 2.23. The molecule has 2 aliphatic rings. The highest BCUT2D eigenvalue weighted by Crippen LogP contribution is 2.32. The molecule has 1 radical (unpaired) electrons. The molecule has 0 spiro atoms. The largest absolute Gasteiger partial charge is 0.159 e. The molecule has 1 heterocycles. The number of unbranched alkanes of at least 4 members (excludes halogenated alkanes) is 1.